The van der Waals surface area contributed by atoms with E-state index in [4.69, 9.17) is 10.8 Å². The van der Waals surface area contributed by atoms with Crippen LogP contribution < -0.4 is 16.6 Å². The van der Waals surface area contributed by atoms with Gasteiger partial charge in [0.25, 0.3) is 5.56 Å². The van der Waals surface area contributed by atoms with Crippen molar-refractivity contribution in [2.75, 3.05) is 13.2 Å². The van der Waals surface area contributed by atoms with Gasteiger partial charge in [-0.2, -0.15) is 0 Å². The normalized spacial score (nSPS) is 27.7. The zero-order valence-corrected chi connectivity index (χ0v) is 12.7. The summed E-state index contributed by atoms with van der Waals surface area (Å²) in [5, 5.41) is 12.9. The number of rotatable bonds is 6. The number of nitrogens with one attached hydrogen (secondary N) is 2. The van der Waals surface area contributed by atoms with Crippen LogP contribution in [0.4, 0.5) is 0 Å². The van der Waals surface area contributed by atoms with Crippen LogP contribution in [0.3, 0.4) is 0 Å². The quantitative estimate of drug-likeness (QED) is 0.559. The van der Waals surface area contributed by atoms with Crippen molar-refractivity contribution < 1.29 is 20.7 Å². The number of hydrogen-bond acceptors (Lipinski definition) is 6. The van der Waals surface area contributed by atoms with Crippen molar-refractivity contribution >= 4 is 5.91 Å². The van der Waals surface area contributed by atoms with Crippen LogP contribution in [0.5, 0.6) is 0 Å². The smallest absolute Gasteiger partial charge is 0.330 e. The van der Waals surface area contributed by atoms with Crippen molar-refractivity contribution in [1.82, 2.24) is 14.9 Å². The number of amides is 1. The summed E-state index contributed by atoms with van der Waals surface area (Å²) in [6.07, 6.45) is -1.90. The lowest BCUT2D eigenvalue weighted by atomic mass is 10.1. The fraction of sp³-hybridized carbons (Fsp3) is 0.643. The molecule has 0 saturated carbocycles. The Hall–Kier alpha value is -1.97. The first kappa shape index (κ1) is 15.9. The molecular formula is C14H21N3O6. The van der Waals surface area contributed by atoms with E-state index in [1.165, 1.54) is 19.2 Å². The van der Waals surface area contributed by atoms with Crippen LogP contribution in [-0.2, 0) is 14.3 Å². The van der Waals surface area contributed by atoms with Crippen molar-refractivity contribution in [3.8, 4) is 0 Å². The van der Waals surface area contributed by atoms with Gasteiger partial charge in [0.2, 0.25) is 5.91 Å². The number of hydrogen-bond donors (Lipinski definition) is 3. The van der Waals surface area contributed by atoms with Gasteiger partial charge in [-0.1, -0.05) is 0 Å². The number of H-pyrrole nitrogens is 1. The topological polar surface area (TPSA) is 123 Å². The highest BCUT2D eigenvalue weighted by Gasteiger charge is 2.43. The molecule has 23 heavy (non-hydrogen) atoms. The second kappa shape index (κ2) is 7.53. The Kier molecular flexibility index (Phi) is 5.21. The second-order valence-electron chi connectivity index (χ2n) is 5.25. The van der Waals surface area contributed by atoms with Gasteiger partial charge in [-0.15, -0.1) is 0 Å². The monoisotopic (exact) mass is 328 g/mol. The van der Waals surface area contributed by atoms with Gasteiger partial charge < -0.3 is 19.9 Å². The first-order valence-electron chi connectivity index (χ1n) is 7.95. The van der Waals surface area contributed by atoms with Crippen LogP contribution in [0, 0.1) is 0 Å². The second-order valence-corrected chi connectivity index (χ2v) is 5.25. The SMILES string of the molecule is [2H]C[C@H]1O[C@@H](n2ccc(=O)[nH]c2=O)[C@H](OCCCNC(C)=O)[C@@H]1O. The van der Waals surface area contributed by atoms with Gasteiger partial charge in [0.15, 0.2) is 6.23 Å². The van der Waals surface area contributed by atoms with Gasteiger partial charge >= 0.3 is 5.69 Å². The minimum atomic E-state index is -1.08. The summed E-state index contributed by atoms with van der Waals surface area (Å²) in [5.41, 5.74) is -1.23. The Morgan fingerprint density at radius 2 is 2.39 bits per heavy atom. The lowest BCUT2D eigenvalue weighted by Gasteiger charge is -2.22. The van der Waals surface area contributed by atoms with Crippen molar-refractivity contribution in [3.05, 3.63) is 33.1 Å². The van der Waals surface area contributed by atoms with Gasteiger partial charge in [0.1, 0.15) is 12.2 Å². The predicted molar refractivity (Wildman–Crippen MR) is 80.0 cm³/mol. The maximum Gasteiger partial charge on any atom is 0.330 e. The molecule has 0 bridgehead atoms. The van der Waals surface area contributed by atoms with E-state index >= 15 is 0 Å². The molecular weight excluding hydrogens is 306 g/mol. The van der Waals surface area contributed by atoms with Crippen molar-refractivity contribution in [3.63, 3.8) is 0 Å². The molecule has 1 aliphatic heterocycles. The van der Waals surface area contributed by atoms with Crippen LogP contribution in [0.2, 0.25) is 0 Å². The zero-order valence-electron chi connectivity index (χ0n) is 13.7. The Morgan fingerprint density at radius 1 is 1.61 bits per heavy atom. The van der Waals surface area contributed by atoms with Gasteiger partial charge in [0, 0.05) is 33.7 Å². The molecule has 0 radical (unpaired) electrons. The van der Waals surface area contributed by atoms with Gasteiger partial charge in [-0.05, 0) is 13.3 Å². The Morgan fingerprint density at radius 3 is 3.04 bits per heavy atom. The Balaban J connectivity index is 2.07. The Bertz CT molecular complexity index is 675. The molecule has 4 atom stereocenters. The Labute approximate surface area is 133 Å². The first-order valence-corrected chi connectivity index (χ1v) is 7.24. The molecule has 1 amide bonds. The molecule has 0 aromatic carbocycles. The molecule has 1 aromatic heterocycles. The lowest BCUT2D eigenvalue weighted by molar-refractivity contribution is -0.119. The number of ether oxygens (including phenoxy) is 2. The number of carbonyl (C=O) groups is 1. The lowest BCUT2D eigenvalue weighted by Crippen LogP contribution is -2.39. The van der Waals surface area contributed by atoms with Crippen LogP contribution >= 0.6 is 0 Å². The first-order chi connectivity index (χ1) is 11.4. The van der Waals surface area contributed by atoms with Crippen LogP contribution in [0.1, 0.15) is 27.8 Å². The molecule has 0 spiro atoms. The molecule has 2 rings (SSSR count). The third-order valence-electron chi connectivity index (χ3n) is 3.44. The number of aromatic amines is 1. The number of aromatic nitrogens is 2. The average molecular weight is 328 g/mol. The van der Waals surface area contributed by atoms with Crippen LogP contribution in [0.25, 0.3) is 0 Å². The standard InChI is InChI=1S/C14H21N3O6/c1-8-11(20)12(22-7-3-5-15-9(2)18)13(23-8)17-6-4-10(19)16-14(17)21/h4,6,8,11-13,20H,3,5,7H2,1-2H3,(H,15,18)(H,16,19,21)/t8-,11-,12-,13-/m1/s1/i1D. The molecule has 1 fully saturated rings. The molecule has 9 heteroatoms. The molecule has 0 unspecified atom stereocenters. The maximum absolute atomic E-state index is 11.9. The van der Waals surface area contributed by atoms with Crippen molar-refractivity contribution in [1.29, 1.82) is 0 Å². The fourth-order valence-corrected chi connectivity index (χ4v) is 2.31. The summed E-state index contributed by atoms with van der Waals surface area (Å²) in [6.45, 7) is 1.86. The third-order valence-corrected chi connectivity index (χ3v) is 3.44. The summed E-state index contributed by atoms with van der Waals surface area (Å²) in [4.78, 5) is 36.0. The third kappa shape index (κ3) is 4.27. The zero-order chi connectivity index (χ0) is 17.7. The van der Waals surface area contributed by atoms with E-state index in [2.05, 4.69) is 10.3 Å². The molecule has 2 heterocycles. The minimum Gasteiger partial charge on any atom is -0.388 e. The maximum atomic E-state index is 11.9. The summed E-state index contributed by atoms with van der Waals surface area (Å²) < 4.78 is 19.7. The fourth-order valence-electron chi connectivity index (χ4n) is 2.31. The van der Waals surface area contributed by atoms with Gasteiger partial charge in [-0.25, -0.2) is 4.79 Å². The van der Waals surface area contributed by atoms with E-state index in [1.54, 1.807) is 0 Å². The van der Waals surface area contributed by atoms with Crippen LogP contribution in [-0.4, -0.2) is 52.0 Å². The summed E-state index contributed by atoms with van der Waals surface area (Å²) in [7, 11) is 0. The highest BCUT2D eigenvalue weighted by atomic mass is 16.6. The van der Waals surface area contributed by atoms with E-state index in [1.807, 2.05) is 0 Å². The molecule has 1 saturated heterocycles. The van der Waals surface area contributed by atoms with Crippen molar-refractivity contribution in [2.24, 2.45) is 0 Å². The molecule has 1 aromatic rings. The van der Waals surface area contributed by atoms with E-state index < -0.39 is 35.8 Å². The number of aliphatic hydroxyl groups is 1. The van der Waals surface area contributed by atoms with E-state index in [0.717, 1.165) is 4.57 Å². The highest BCUT2D eigenvalue weighted by molar-refractivity contribution is 5.72. The average Bonchev–Trinajstić information content (AvgIpc) is 2.83. The van der Waals surface area contributed by atoms with E-state index in [-0.39, 0.29) is 19.4 Å². The highest BCUT2D eigenvalue weighted by Crippen LogP contribution is 2.30. The van der Waals surface area contributed by atoms with Crippen molar-refractivity contribution in [2.45, 2.75) is 44.8 Å². The molecule has 0 aliphatic carbocycles. The summed E-state index contributed by atoms with van der Waals surface area (Å²) in [6, 6.07) is 1.17. The number of aliphatic hydroxyl groups excluding tert-OH is 1. The number of carbonyl (C=O) groups excluding carboxylic acids is 1. The number of nitrogens with zero attached hydrogens (tertiary/aromatic N) is 1. The summed E-state index contributed by atoms with van der Waals surface area (Å²) in [5.74, 6) is -0.147. The summed E-state index contributed by atoms with van der Waals surface area (Å²) >= 11 is 0. The largest absolute Gasteiger partial charge is 0.388 e. The van der Waals surface area contributed by atoms with Crippen LogP contribution in [0.15, 0.2) is 21.9 Å². The minimum absolute atomic E-state index is 0.147. The molecule has 128 valence electrons. The van der Waals surface area contributed by atoms with Gasteiger partial charge in [-0.3, -0.25) is 19.1 Å². The van der Waals surface area contributed by atoms with Gasteiger partial charge in [0.05, 0.1) is 6.10 Å². The molecule has 3 N–H and O–H groups in total. The molecule has 9 nitrogen and oxygen atoms in total. The van der Waals surface area contributed by atoms with E-state index in [0.29, 0.717) is 13.0 Å². The van der Waals surface area contributed by atoms with E-state index in [9.17, 15) is 19.5 Å². The molecule has 1 aliphatic rings. The predicted octanol–water partition coefficient (Wildman–Crippen LogP) is -1.27.